The Morgan fingerprint density at radius 2 is 1.97 bits per heavy atom. The molecule has 0 aliphatic heterocycles. The summed E-state index contributed by atoms with van der Waals surface area (Å²) in [4.78, 5) is 9.37. The maximum Gasteiger partial charge on any atom is 0.176 e. The molecule has 0 radical (unpaired) electrons. The van der Waals surface area contributed by atoms with Crippen molar-refractivity contribution in [3.05, 3.63) is 65.3 Å². The smallest absolute Gasteiger partial charge is 0.176 e. The Morgan fingerprint density at radius 3 is 2.74 bits per heavy atom. The third kappa shape index (κ3) is 4.00. The van der Waals surface area contributed by atoms with E-state index in [1.165, 1.54) is 7.11 Å². The summed E-state index contributed by atoms with van der Waals surface area (Å²) in [6.07, 6.45) is 3.50. The second kappa shape index (κ2) is 8.57. The molecule has 4 rings (SSSR count). The standard InChI is InChI=1S/C23H20ClN3O4/c1-3-31-19-11-14(10-16(24)22(19)29)13-25-23-21(26-20-6-4-5-9-27(20)23)15-7-8-17(28)18(12-15)30-2/h4-13,28-29H,3H2,1-2H3. The number of phenolic OH excluding ortho intramolecular Hbond substituents is 2. The zero-order valence-corrected chi connectivity index (χ0v) is 17.7. The molecule has 0 saturated heterocycles. The van der Waals surface area contributed by atoms with Crippen LogP contribution in [-0.4, -0.2) is 39.5 Å². The Hall–Kier alpha value is -3.71. The summed E-state index contributed by atoms with van der Waals surface area (Å²) in [5.74, 6) is 1.16. The molecule has 158 valence electrons. The van der Waals surface area contributed by atoms with Crippen LogP contribution in [-0.2, 0) is 0 Å². The van der Waals surface area contributed by atoms with Crippen LogP contribution in [0.5, 0.6) is 23.0 Å². The van der Waals surface area contributed by atoms with Gasteiger partial charge in [-0.3, -0.25) is 4.40 Å². The highest BCUT2D eigenvalue weighted by Gasteiger charge is 2.15. The molecule has 0 saturated carbocycles. The first kappa shape index (κ1) is 20.6. The second-order valence-electron chi connectivity index (χ2n) is 6.64. The van der Waals surface area contributed by atoms with Crippen LogP contribution in [0.1, 0.15) is 12.5 Å². The van der Waals surface area contributed by atoms with Crippen LogP contribution in [0.15, 0.2) is 59.7 Å². The third-order valence-corrected chi connectivity index (χ3v) is 4.93. The van der Waals surface area contributed by atoms with Gasteiger partial charge in [-0.1, -0.05) is 17.7 Å². The van der Waals surface area contributed by atoms with Crippen molar-refractivity contribution in [3.63, 3.8) is 0 Å². The summed E-state index contributed by atoms with van der Waals surface area (Å²) in [5.41, 5.74) is 2.74. The minimum absolute atomic E-state index is 0.0438. The highest BCUT2D eigenvalue weighted by Crippen LogP contribution is 2.37. The van der Waals surface area contributed by atoms with Crippen molar-refractivity contribution in [2.75, 3.05) is 13.7 Å². The lowest BCUT2D eigenvalue weighted by Crippen LogP contribution is -1.94. The number of phenols is 2. The van der Waals surface area contributed by atoms with E-state index in [9.17, 15) is 10.2 Å². The number of halogens is 1. The van der Waals surface area contributed by atoms with Crippen LogP contribution in [0, 0.1) is 0 Å². The monoisotopic (exact) mass is 437 g/mol. The number of aromatic hydroxyl groups is 2. The molecule has 2 N–H and O–H groups in total. The Balaban J connectivity index is 1.84. The topological polar surface area (TPSA) is 88.6 Å². The van der Waals surface area contributed by atoms with Crippen molar-refractivity contribution in [1.82, 2.24) is 9.38 Å². The first-order valence-corrected chi connectivity index (χ1v) is 9.93. The maximum absolute atomic E-state index is 10.1. The molecule has 2 heterocycles. The Labute approximate surface area is 183 Å². The first-order chi connectivity index (χ1) is 15.0. The van der Waals surface area contributed by atoms with Gasteiger partial charge in [-0.2, -0.15) is 0 Å². The largest absolute Gasteiger partial charge is 0.504 e. The lowest BCUT2D eigenvalue weighted by atomic mass is 10.1. The van der Waals surface area contributed by atoms with E-state index in [1.807, 2.05) is 35.7 Å². The molecule has 2 aromatic carbocycles. The van der Waals surface area contributed by atoms with Gasteiger partial charge in [0.2, 0.25) is 0 Å². The van der Waals surface area contributed by atoms with Gasteiger partial charge in [0.25, 0.3) is 0 Å². The summed E-state index contributed by atoms with van der Waals surface area (Å²) in [6.45, 7) is 2.22. The van der Waals surface area contributed by atoms with Crippen LogP contribution >= 0.6 is 11.6 Å². The molecule has 4 aromatic rings. The van der Waals surface area contributed by atoms with Crippen LogP contribution in [0.2, 0.25) is 5.02 Å². The molecule has 0 unspecified atom stereocenters. The molecule has 7 nitrogen and oxygen atoms in total. The van der Waals surface area contributed by atoms with Crippen molar-refractivity contribution < 1.29 is 19.7 Å². The quantitative estimate of drug-likeness (QED) is 0.403. The second-order valence-corrected chi connectivity index (χ2v) is 7.05. The average Bonchev–Trinajstić information content (AvgIpc) is 3.14. The van der Waals surface area contributed by atoms with E-state index in [-0.39, 0.29) is 22.3 Å². The summed E-state index contributed by atoms with van der Waals surface area (Å²) >= 11 is 6.14. The normalized spacial score (nSPS) is 11.3. The van der Waals surface area contributed by atoms with E-state index in [0.717, 1.165) is 11.2 Å². The van der Waals surface area contributed by atoms with E-state index < -0.39 is 0 Å². The molecule has 0 atom stereocenters. The first-order valence-electron chi connectivity index (χ1n) is 9.55. The number of benzene rings is 2. The number of methoxy groups -OCH3 is 1. The fraction of sp³-hybridized carbons (Fsp3) is 0.130. The molecular formula is C23H20ClN3O4. The minimum atomic E-state index is -0.104. The fourth-order valence-corrected chi connectivity index (χ4v) is 3.41. The summed E-state index contributed by atoms with van der Waals surface area (Å²) in [5, 5.41) is 20.2. The number of hydrogen-bond acceptors (Lipinski definition) is 6. The molecule has 0 aliphatic rings. The predicted molar refractivity (Wildman–Crippen MR) is 120 cm³/mol. The lowest BCUT2D eigenvalue weighted by molar-refractivity contribution is 0.318. The van der Waals surface area contributed by atoms with Gasteiger partial charge in [0.1, 0.15) is 11.3 Å². The van der Waals surface area contributed by atoms with Gasteiger partial charge in [-0.15, -0.1) is 0 Å². The van der Waals surface area contributed by atoms with E-state index in [4.69, 9.17) is 26.1 Å². The van der Waals surface area contributed by atoms with Crippen molar-refractivity contribution in [2.45, 2.75) is 6.92 Å². The van der Waals surface area contributed by atoms with Gasteiger partial charge in [0, 0.05) is 18.0 Å². The molecule has 0 spiro atoms. The van der Waals surface area contributed by atoms with Crippen LogP contribution in [0.25, 0.3) is 16.9 Å². The molecule has 0 fully saturated rings. The van der Waals surface area contributed by atoms with Gasteiger partial charge < -0.3 is 19.7 Å². The van der Waals surface area contributed by atoms with Crippen molar-refractivity contribution >= 4 is 29.3 Å². The van der Waals surface area contributed by atoms with Gasteiger partial charge in [-0.25, -0.2) is 9.98 Å². The molecule has 8 heteroatoms. The zero-order chi connectivity index (χ0) is 22.0. The minimum Gasteiger partial charge on any atom is -0.504 e. The number of nitrogens with zero attached hydrogens (tertiary/aromatic N) is 3. The van der Waals surface area contributed by atoms with E-state index >= 15 is 0 Å². The summed E-state index contributed by atoms with van der Waals surface area (Å²) in [6, 6.07) is 14.0. The molecule has 0 bridgehead atoms. The fourth-order valence-electron chi connectivity index (χ4n) is 3.19. The van der Waals surface area contributed by atoms with E-state index in [1.54, 1.807) is 36.5 Å². The van der Waals surface area contributed by atoms with Crippen LogP contribution in [0.3, 0.4) is 0 Å². The Kier molecular flexibility index (Phi) is 5.68. The Bertz CT molecular complexity index is 1280. The number of hydrogen-bond donors (Lipinski definition) is 2. The number of pyridine rings is 1. The zero-order valence-electron chi connectivity index (χ0n) is 16.9. The van der Waals surface area contributed by atoms with Crippen LogP contribution < -0.4 is 9.47 Å². The number of fused-ring (bicyclic) bond motifs is 1. The highest BCUT2D eigenvalue weighted by molar-refractivity contribution is 6.32. The van der Waals surface area contributed by atoms with E-state index in [2.05, 4.69) is 4.99 Å². The number of aromatic nitrogens is 2. The summed E-state index contributed by atoms with van der Waals surface area (Å²) < 4.78 is 12.5. The number of ether oxygens (including phenoxy) is 2. The van der Waals surface area contributed by atoms with Gasteiger partial charge in [-0.05, 0) is 55.0 Å². The van der Waals surface area contributed by atoms with Gasteiger partial charge in [0.15, 0.2) is 28.8 Å². The average molecular weight is 438 g/mol. The predicted octanol–water partition coefficient (Wildman–Crippen LogP) is 5.22. The van der Waals surface area contributed by atoms with Crippen molar-refractivity contribution in [3.8, 4) is 34.3 Å². The molecule has 31 heavy (non-hydrogen) atoms. The van der Waals surface area contributed by atoms with Crippen molar-refractivity contribution in [2.24, 2.45) is 4.99 Å². The molecule has 0 aliphatic carbocycles. The van der Waals surface area contributed by atoms with Gasteiger partial charge >= 0.3 is 0 Å². The molecular weight excluding hydrogens is 418 g/mol. The van der Waals surface area contributed by atoms with Gasteiger partial charge in [0.05, 0.1) is 18.7 Å². The highest BCUT2D eigenvalue weighted by atomic mass is 35.5. The molecule has 0 amide bonds. The summed E-state index contributed by atoms with van der Waals surface area (Å²) in [7, 11) is 1.49. The maximum atomic E-state index is 10.1. The van der Waals surface area contributed by atoms with Crippen molar-refractivity contribution in [1.29, 1.82) is 0 Å². The number of rotatable bonds is 6. The number of aliphatic imine (C=N–C) groups is 1. The SMILES string of the molecule is CCOc1cc(C=Nc2c(-c3ccc(O)c(OC)c3)nc3ccccn23)cc(Cl)c1O. The lowest BCUT2D eigenvalue weighted by Gasteiger charge is -2.08. The van der Waals surface area contributed by atoms with E-state index in [0.29, 0.717) is 29.4 Å². The molecule has 2 aromatic heterocycles. The Morgan fingerprint density at radius 1 is 1.13 bits per heavy atom. The van der Waals surface area contributed by atoms with Crippen LogP contribution in [0.4, 0.5) is 5.82 Å². The number of imidazole rings is 1. The third-order valence-electron chi connectivity index (χ3n) is 4.64.